The first kappa shape index (κ1) is 25.1. The largest absolute Gasteiger partial charge is 0.392 e. The van der Waals surface area contributed by atoms with Crippen LogP contribution in [0.1, 0.15) is 90.8 Å². The van der Waals surface area contributed by atoms with Crippen LogP contribution in [0, 0.1) is 12.3 Å². The van der Waals surface area contributed by atoms with Crippen molar-refractivity contribution in [2.24, 2.45) is 12.5 Å². The Balaban J connectivity index is 2.59. The van der Waals surface area contributed by atoms with Crippen molar-refractivity contribution in [2.45, 2.75) is 103 Å². The molecule has 0 fully saturated rings. The molecule has 6 nitrogen and oxygen atoms in total. The zero-order valence-corrected chi connectivity index (χ0v) is 19.3. The third kappa shape index (κ3) is 8.62. The summed E-state index contributed by atoms with van der Waals surface area (Å²) in [6.07, 6.45) is 12.0. The number of hydrogen-bond acceptors (Lipinski definition) is 4. The molecular weight excluding hydrogens is 374 g/mol. The van der Waals surface area contributed by atoms with Gasteiger partial charge in [0.15, 0.2) is 5.03 Å². The highest BCUT2D eigenvalue weighted by molar-refractivity contribution is 7.89. The predicted octanol–water partition coefficient (Wildman–Crippen LogP) is 4.31. The number of sulfonamides is 1. The Morgan fingerprint density at radius 3 is 2.32 bits per heavy atom. The van der Waals surface area contributed by atoms with E-state index < -0.39 is 16.1 Å². The number of rotatable bonds is 15. The summed E-state index contributed by atoms with van der Waals surface area (Å²) in [7, 11) is -1.94. The van der Waals surface area contributed by atoms with Crippen LogP contribution >= 0.6 is 0 Å². The Morgan fingerprint density at radius 1 is 1.14 bits per heavy atom. The van der Waals surface area contributed by atoms with Crippen LogP contribution in [-0.4, -0.2) is 35.7 Å². The lowest BCUT2D eigenvalue weighted by molar-refractivity contribution is 0.0944. The molecular formula is C21H41N3O3S. The maximum atomic E-state index is 12.4. The molecule has 2 N–H and O–H groups in total. The second-order valence-electron chi connectivity index (χ2n) is 8.53. The minimum Gasteiger partial charge on any atom is -0.392 e. The number of aromatic nitrogens is 2. The second kappa shape index (κ2) is 11.9. The third-order valence-corrected chi connectivity index (χ3v) is 6.91. The molecule has 0 aliphatic carbocycles. The van der Waals surface area contributed by atoms with Gasteiger partial charge in [0.1, 0.15) is 5.82 Å². The highest BCUT2D eigenvalue weighted by Gasteiger charge is 2.28. The molecule has 1 aromatic heterocycles. The molecule has 2 unspecified atom stereocenters. The van der Waals surface area contributed by atoms with Gasteiger partial charge >= 0.3 is 0 Å². The number of unbranched alkanes of at least 4 members (excludes halogenated alkanes) is 5. The zero-order chi connectivity index (χ0) is 21.2. The van der Waals surface area contributed by atoms with Crippen molar-refractivity contribution in [3.63, 3.8) is 0 Å². The van der Waals surface area contributed by atoms with E-state index in [2.05, 4.69) is 30.5 Å². The quantitative estimate of drug-likeness (QED) is 0.418. The molecule has 0 radical (unpaired) electrons. The van der Waals surface area contributed by atoms with Gasteiger partial charge in [-0.2, -0.15) is 0 Å². The standard InChI is InChI=1S/C21H41N3O3S/c1-6-8-10-11-12-14-21(4,13-9-7-2)15-19(25)16-22-28(26,27)20-17-24(5)18(3)23-20/h17,19,22,25H,6-16H2,1-5H3. The summed E-state index contributed by atoms with van der Waals surface area (Å²) in [6.45, 7) is 8.42. The summed E-state index contributed by atoms with van der Waals surface area (Å²) >= 11 is 0. The first-order valence-corrected chi connectivity index (χ1v) is 12.3. The van der Waals surface area contributed by atoms with E-state index >= 15 is 0 Å². The summed E-state index contributed by atoms with van der Waals surface area (Å²) in [5.41, 5.74) is 0.0503. The minimum atomic E-state index is -3.70. The molecule has 0 aliphatic heterocycles. The molecule has 0 amide bonds. The summed E-state index contributed by atoms with van der Waals surface area (Å²) in [5, 5.41) is 10.5. The van der Waals surface area contributed by atoms with Gasteiger partial charge < -0.3 is 9.67 Å². The van der Waals surface area contributed by atoms with Gasteiger partial charge in [-0.25, -0.2) is 18.1 Å². The average Bonchev–Trinajstić information content (AvgIpc) is 2.98. The number of aliphatic hydroxyl groups is 1. The van der Waals surface area contributed by atoms with Crippen LogP contribution in [0.5, 0.6) is 0 Å². The Bertz CT molecular complexity index is 653. The summed E-state index contributed by atoms with van der Waals surface area (Å²) < 4.78 is 29.0. The van der Waals surface area contributed by atoms with Crippen LogP contribution in [0.25, 0.3) is 0 Å². The Labute approximate surface area is 172 Å². The topological polar surface area (TPSA) is 84.2 Å². The van der Waals surface area contributed by atoms with Gasteiger partial charge in [0.25, 0.3) is 10.0 Å². The number of nitrogens with one attached hydrogen (secondary N) is 1. The van der Waals surface area contributed by atoms with Gasteiger partial charge in [0, 0.05) is 19.8 Å². The molecule has 0 aliphatic rings. The predicted molar refractivity (Wildman–Crippen MR) is 115 cm³/mol. The highest BCUT2D eigenvalue weighted by Crippen LogP contribution is 2.35. The van der Waals surface area contributed by atoms with Gasteiger partial charge in [0.05, 0.1) is 6.10 Å². The van der Waals surface area contributed by atoms with E-state index in [1.165, 1.54) is 38.3 Å². The molecule has 0 saturated heterocycles. The summed E-state index contributed by atoms with van der Waals surface area (Å²) in [5.74, 6) is 0.635. The van der Waals surface area contributed by atoms with E-state index in [1.807, 2.05) is 0 Å². The normalized spacial score (nSPS) is 15.5. The van der Waals surface area contributed by atoms with E-state index in [1.54, 1.807) is 18.5 Å². The van der Waals surface area contributed by atoms with Crippen molar-refractivity contribution in [3.8, 4) is 0 Å². The zero-order valence-electron chi connectivity index (χ0n) is 18.5. The minimum absolute atomic E-state index is 0.00405. The van der Waals surface area contributed by atoms with Crippen molar-refractivity contribution >= 4 is 10.0 Å². The number of imidazole rings is 1. The molecule has 0 spiro atoms. The first-order chi connectivity index (χ1) is 13.1. The summed E-state index contributed by atoms with van der Waals surface area (Å²) in [4.78, 5) is 4.07. The van der Waals surface area contributed by atoms with Crippen molar-refractivity contribution in [3.05, 3.63) is 12.0 Å². The molecule has 28 heavy (non-hydrogen) atoms. The molecule has 0 aromatic carbocycles. The van der Waals surface area contributed by atoms with Crippen LogP contribution < -0.4 is 4.72 Å². The van der Waals surface area contributed by atoms with Gasteiger partial charge in [0.2, 0.25) is 0 Å². The molecule has 0 saturated carbocycles. The van der Waals surface area contributed by atoms with E-state index in [4.69, 9.17) is 0 Å². The maximum Gasteiger partial charge on any atom is 0.259 e. The van der Waals surface area contributed by atoms with Gasteiger partial charge in [-0.3, -0.25) is 0 Å². The fourth-order valence-corrected chi connectivity index (χ4v) is 4.77. The lowest BCUT2D eigenvalue weighted by Gasteiger charge is -2.32. The monoisotopic (exact) mass is 415 g/mol. The Kier molecular flexibility index (Phi) is 10.7. The van der Waals surface area contributed by atoms with E-state index in [-0.39, 0.29) is 17.0 Å². The molecule has 2 atom stereocenters. The highest BCUT2D eigenvalue weighted by atomic mass is 32.2. The smallest absolute Gasteiger partial charge is 0.259 e. The lowest BCUT2D eigenvalue weighted by Crippen LogP contribution is -2.35. The molecule has 1 rings (SSSR count). The van der Waals surface area contributed by atoms with Crippen molar-refractivity contribution in [1.82, 2.24) is 14.3 Å². The first-order valence-electron chi connectivity index (χ1n) is 10.8. The SMILES string of the molecule is CCCCCCCC(C)(CCCC)CC(O)CNS(=O)(=O)c1cn(C)c(C)n1. The van der Waals surface area contributed by atoms with Crippen LogP contribution in [0.15, 0.2) is 11.2 Å². The fourth-order valence-electron chi connectivity index (χ4n) is 3.66. The van der Waals surface area contributed by atoms with Crippen LogP contribution in [-0.2, 0) is 17.1 Å². The second-order valence-corrected chi connectivity index (χ2v) is 10.2. The van der Waals surface area contributed by atoms with Gasteiger partial charge in [-0.15, -0.1) is 0 Å². The van der Waals surface area contributed by atoms with E-state index in [0.717, 1.165) is 25.7 Å². The summed E-state index contributed by atoms with van der Waals surface area (Å²) in [6, 6.07) is 0. The van der Waals surface area contributed by atoms with E-state index in [0.29, 0.717) is 12.2 Å². The number of aryl methyl sites for hydroxylation is 2. The fraction of sp³-hybridized carbons (Fsp3) is 0.857. The molecule has 1 aromatic rings. The van der Waals surface area contributed by atoms with Crippen LogP contribution in [0.4, 0.5) is 0 Å². The van der Waals surface area contributed by atoms with E-state index in [9.17, 15) is 13.5 Å². The van der Waals surface area contributed by atoms with Crippen LogP contribution in [0.3, 0.4) is 0 Å². The maximum absolute atomic E-state index is 12.4. The van der Waals surface area contributed by atoms with Crippen molar-refractivity contribution < 1.29 is 13.5 Å². The molecule has 164 valence electrons. The van der Waals surface area contributed by atoms with Crippen molar-refractivity contribution in [1.29, 1.82) is 0 Å². The number of hydrogen-bond donors (Lipinski definition) is 2. The Hall–Kier alpha value is -0.920. The van der Waals surface area contributed by atoms with Gasteiger partial charge in [-0.1, -0.05) is 65.7 Å². The molecule has 0 bridgehead atoms. The number of aliphatic hydroxyl groups excluding tert-OH is 1. The average molecular weight is 416 g/mol. The van der Waals surface area contributed by atoms with Gasteiger partial charge in [-0.05, 0) is 31.6 Å². The lowest BCUT2D eigenvalue weighted by atomic mass is 9.75. The molecule has 1 heterocycles. The number of nitrogens with zero attached hydrogens (tertiary/aromatic N) is 2. The molecule has 7 heteroatoms. The third-order valence-electron chi connectivity index (χ3n) is 5.62. The van der Waals surface area contributed by atoms with Crippen LogP contribution in [0.2, 0.25) is 0 Å². The van der Waals surface area contributed by atoms with Crippen molar-refractivity contribution in [2.75, 3.05) is 6.54 Å². The Morgan fingerprint density at radius 2 is 1.75 bits per heavy atom.